The van der Waals surface area contributed by atoms with E-state index in [4.69, 9.17) is 60.7 Å². The number of ether oxygens (including phenoxy) is 2. The monoisotopic (exact) mass is 427 g/mol. The van der Waals surface area contributed by atoms with Crippen LogP contribution in [0.2, 0.25) is 10.0 Å². The van der Waals surface area contributed by atoms with Crippen molar-refractivity contribution in [3.63, 3.8) is 0 Å². The summed E-state index contributed by atoms with van der Waals surface area (Å²) >= 11 is 23.7. The summed E-state index contributed by atoms with van der Waals surface area (Å²) in [6, 6.07) is 1.66. The second kappa shape index (κ2) is 11.7. The van der Waals surface area contributed by atoms with E-state index in [0.717, 1.165) is 24.1 Å². The zero-order valence-electron chi connectivity index (χ0n) is 14.4. The van der Waals surface area contributed by atoms with Gasteiger partial charge in [-0.25, -0.2) is 0 Å². The van der Waals surface area contributed by atoms with Gasteiger partial charge in [0.2, 0.25) is 0 Å². The van der Waals surface area contributed by atoms with E-state index < -0.39 is 0 Å². The van der Waals surface area contributed by atoms with Crippen LogP contribution in [0.3, 0.4) is 0 Å². The van der Waals surface area contributed by atoms with E-state index in [0.29, 0.717) is 34.8 Å². The largest absolute Gasteiger partial charge is 0.490 e. The molecule has 0 atom stereocenters. The fourth-order valence-corrected chi connectivity index (χ4v) is 2.44. The average Bonchev–Trinajstić information content (AvgIpc) is 2.53. The molecule has 1 aromatic rings. The molecule has 140 valence electrons. The van der Waals surface area contributed by atoms with Crippen LogP contribution in [0.4, 0.5) is 0 Å². The van der Waals surface area contributed by atoms with Gasteiger partial charge in [0.25, 0.3) is 0 Å². The van der Waals surface area contributed by atoms with Crippen molar-refractivity contribution in [3.05, 3.63) is 32.2 Å². The maximum Gasteiger partial charge on any atom is 0.156 e. The van der Waals surface area contributed by atoms with Crippen LogP contribution in [0.5, 0.6) is 11.5 Å². The minimum absolute atomic E-state index is 0.138. The molecule has 1 rings (SSSR count). The van der Waals surface area contributed by atoms with Gasteiger partial charge in [0.1, 0.15) is 23.5 Å². The number of oxime groups is 1. The molecule has 0 spiro atoms. The highest BCUT2D eigenvalue weighted by Gasteiger charge is 2.15. The summed E-state index contributed by atoms with van der Waals surface area (Å²) in [5, 5.41) is 4.67. The van der Waals surface area contributed by atoms with Crippen molar-refractivity contribution < 1.29 is 14.3 Å². The Bertz CT molecular complexity index is 625. The smallest absolute Gasteiger partial charge is 0.156 e. The molecular weight excluding hydrogens is 408 g/mol. The highest BCUT2D eigenvalue weighted by molar-refractivity contribution is 6.55. The second-order valence-electron chi connectivity index (χ2n) is 5.36. The van der Waals surface area contributed by atoms with E-state index >= 15 is 0 Å². The van der Waals surface area contributed by atoms with Gasteiger partial charge in [0, 0.05) is 11.6 Å². The minimum Gasteiger partial charge on any atom is -0.490 e. The molecule has 1 aromatic carbocycles. The number of hydrogen-bond acceptors (Lipinski definition) is 4. The number of rotatable bonds is 10. The first-order chi connectivity index (χ1) is 11.8. The van der Waals surface area contributed by atoms with Crippen molar-refractivity contribution in [2.24, 2.45) is 5.16 Å². The summed E-state index contributed by atoms with van der Waals surface area (Å²) < 4.78 is 11.4. The molecular formula is C17H21Cl4NO3. The molecule has 4 nitrogen and oxygen atoms in total. The number of halogens is 4. The Morgan fingerprint density at radius 1 is 1.12 bits per heavy atom. The van der Waals surface area contributed by atoms with Crippen LogP contribution in [0.1, 0.15) is 32.3 Å². The third kappa shape index (κ3) is 8.41. The van der Waals surface area contributed by atoms with E-state index in [1.165, 1.54) is 6.08 Å². The molecule has 0 unspecified atom stereocenters. The maximum absolute atomic E-state index is 6.34. The molecule has 0 bridgehead atoms. The van der Waals surface area contributed by atoms with Gasteiger partial charge in [-0.15, -0.1) is 0 Å². The van der Waals surface area contributed by atoms with Crippen molar-refractivity contribution >= 4 is 52.1 Å². The predicted molar refractivity (Wildman–Crippen MR) is 106 cm³/mol. The summed E-state index contributed by atoms with van der Waals surface area (Å²) in [7, 11) is 0. The number of unbranched alkanes of at least 4 members (excludes halogenated alkanes) is 1. The van der Waals surface area contributed by atoms with Crippen molar-refractivity contribution in [2.45, 2.75) is 33.6 Å². The van der Waals surface area contributed by atoms with Gasteiger partial charge in [0.05, 0.1) is 22.4 Å². The molecule has 0 aromatic heterocycles. The van der Waals surface area contributed by atoms with Crippen LogP contribution in [0.15, 0.2) is 21.8 Å². The number of benzene rings is 1. The Balaban J connectivity index is 2.56. The number of hydrogen-bond donors (Lipinski definition) is 0. The van der Waals surface area contributed by atoms with Crippen molar-refractivity contribution in [2.75, 3.05) is 19.8 Å². The Hall–Kier alpha value is -0.810. The van der Waals surface area contributed by atoms with Crippen molar-refractivity contribution in [3.8, 4) is 11.5 Å². The summed E-state index contributed by atoms with van der Waals surface area (Å²) in [5.41, 5.74) is 1.62. The zero-order valence-corrected chi connectivity index (χ0v) is 17.4. The van der Waals surface area contributed by atoms with E-state index in [-0.39, 0.29) is 11.1 Å². The highest BCUT2D eigenvalue weighted by Crippen LogP contribution is 2.40. The third-order valence-electron chi connectivity index (χ3n) is 2.97. The van der Waals surface area contributed by atoms with Gasteiger partial charge in [-0.2, -0.15) is 0 Å². The Morgan fingerprint density at radius 3 is 2.44 bits per heavy atom. The van der Waals surface area contributed by atoms with Crippen LogP contribution in [-0.4, -0.2) is 25.5 Å². The summed E-state index contributed by atoms with van der Waals surface area (Å²) in [6.45, 7) is 6.81. The topological polar surface area (TPSA) is 40.0 Å². The first-order valence-electron chi connectivity index (χ1n) is 7.71. The minimum atomic E-state index is 0.138. The second-order valence-corrected chi connectivity index (χ2v) is 7.15. The Kier molecular flexibility index (Phi) is 10.4. The lowest BCUT2D eigenvalue weighted by Crippen LogP contribution is -2.03. The molecule has 0 saturated heterocycles. The van der Waals surface area contributed by atoms with E-state index in [1.807, 2.05) is 20.8 Å². The van der Waals surface area contributed by atoms with Crippen molar-refractivity contribution in [1.29, 1.82) is 0 Å². The molecule has 0 aliphatic rings. The lowest BCUT2D eigenvalue weighted by molar-refractivity contribution is 0.135. The van der Waals surface area contributed by atoms with E-state index in [2.05, 4.69) is 5.16 Å². The van der Waals surface area contributed by atoms with Gasteiger partial charge in [-0.1, -0.05) is 51.6 Å². The first kappa shape index (κ1) is 22.2. The molecule has 0 fully saturated rings. The Labute approximate surface area is 168 Å². The third-order valence-corrected chi connectivity index (χ3v) is 4.02. The van der Waals surface area contributed by atoms with Gasteiger partial charge < -0.3 is 14.3 Å². The molecule has 0 heterocycles. The van der Waals surface area contributed by atoms with Gasteiger partial charge in [-0.05, 0) is 39.7 Å². The summed E-state index contributed by atoms with van der Waals surface area (Å²) in [6.07, 6.45) is 3.14. The van der Waals surface area contributed by atoms with E-state index in [9.17, 15) is 0 Å². The molecule has 0 N–H and O–H groups in total. The highest BCUT2D eigenvalue weighted by atomic mass is 35.5. The van der Waals surface area contributed by atoms with Gasteiger partial charge in [0.15, 0.2) is 5.75 Å². The van der Waals surface area contributed by atoms with Gasteiger partial charge >= 0.3 is 0 Å². The van der Waals surface area contributed by atoms with E-state index in [1.54, 1.807) is 6.07 Å². The zero-order chi connectivity index (χ0) is 18.8. The van der Waals surface area contributed by atoms with Crippen LogP contribution in [0.25, 0.3) is 0 Å². The lowest BCUT2D eigenvalue weighted by atomic mass is 10.2. The number of nitrogens with zero attached hydrogens (tertiary/aromatic N) is 1. The molecule has 0 amide bonds. The molecule has 8 heteroatoms. The fourth-order valence-electron chi connectivity index (χ4n) is 1.77. The molecule has 0 aliphatic heterocycles. The van der Waals surface area contributed by atoms with Gasteiger partial charge in [-0.3, -0.25) is 0 Å². The van der Waals surface area contributed by atoms with Crippen LogP contribution >= 0.6 is 46.4 Å². The molecule has 25 heavy (non-hydrogen) atoms. The quantitative estimate of drug-likeness (QED) is 0.240. The van der Waals surface area contributed by atoms with Crippen molar-refractivity contribution in [1.82, 2.24) is 0 Å². The molecule has 0 aliphatic carbocycles. The normalized spacial score (nSPS) is 10.2. The molecule has 0 radical (unpaired) electrons. The summed E-state index contributed by atoms with van der Waals surface area (Å²) in [5.74, 6) is 0.997. The van der Waals surface area contributed by atoms with Crippen LogP contribution < -0.4 is 9.47 Å². The molecule has 0 saturated carbocycles. The van der Waals surface area contributed by atoms with Crippen LogP contribution in [-0.2, 0) is 4.84 Å². The van der Waals surface area contributed by atoms with Crippen LogP contribution in [0, 0.1) is 6.92 Å². The average molecular weight is 429 g/mol. The standard InChI is InChI=1S/C17H21Cl4NO3/c1-11(2)22-25-8-5-4-7-24-17-13(18)10-14(12(3)16(17)21)23-9-6-15(19)20/h6,10H,4-5,7-9H2,1-3H3. The fraction of sp³-hybridized carbons (Fsp3) is 0.471. The predicted octanol–water partition coefficient (Wildman–Crippen LogP) is 6.57. The lowest BCUT2D eigenvalue weighted by Gasteiger charge is -2.15. The SMILES string of the molecule is CC(C)=NOCCCCOc1c(Cl)cc(OCC=C(Cl)Cl)c(C)c1Cl. The maximum atomic E-state index is 6.34. The summed E-state index contributed by atoms with van der Waals surface area (Å²) in [4.78, 5) is 5.12. The Morgan fingerprint density at radius 2 is 1.80 bits per heavy atom. The first-order valence-corrected chi connectivity index (χ1v) is 9.22.